The number of carbonyl (C=O) groups is 2. The molecule has 2 rings (SSSR count). The van der Waals surface area contributed by atoms with Crippen LogP contribution in [-0.2, 0) is 9.53 Å². The van der Waals surface area contributed by atoms with Gasteiger partial charge in [-0.15, -0.1) is 11.3 Å². The largest absolute Gasteiger partial charge is 0.444 e. The SMILES string of the molecule is Cc1nc(NC(=O)[C@@H]2CCCN(C(=O)OC(C)(C)C)C2)sc1C. The number of hydrogen-bond acceptors (Lipinski definition) is 5. The minimum atomic E-state index is -0.526. The van der Waals surface area contributed by atoms with Crippen molar-refractivity contribution in [2.45, 2.75) is 53.1 Å². The van der Waals surface area contributed by atoms with Crippen LogP contribution in [0.4, 0.5) is 9.93 Å². The highest BCUT2D eigenvalue weighted by Crippen LogP contribution is 2.24. The van der Waals surface area contributed by atoms with Crippen molar-refractivity contribution in [1.82, 2.24) is 9.88 Å². The van der Waals surface area contributed by atoms with Gasteiger partial charge in [-0.3, -0.25) is 4.79 Å². The molecule has 128 valence electrons. The zero-order chi connectivity index (χ0) is 17.2. The van der Waals surface area contributed by atoms with E-state index in [-0.39, 0.29) is 17.9 Å². The Labute approximate surface area is 141 Å². The maximum atomic E-state index is 12.4. The summed E-state index contributed by atoms with van der Waals surface area (Å²) in [5.41, 5.74) is 0.409. The van der Waals surface area contributed by atoms with Gasteiger partial charge in [-0.25, -0.2) is 9.78 Å². The number of likely N-dealkylation sites (tertiary alicyclic amines) is 1. The number of hydrogen-bond donors (Lipinski definition) is 1. The van der Waals surface area contributed by atoms with Crippen LogP contribution in [0.3, 0.4) is 0 Å². The van der Waals surface area contributed by atoms with E-state index in [0.29, 0.717) is 18.2 Å². The highest BCUT2D eigenvalue weighted by molar-refractivity contribution is 7.15. The zero-order valence-corrected chi connectivity index (χ0v) is 15.2. The fourth-order valence-electron chi connectivity index (χ4n) is 2.42. The van der Waals surface area contributed by atoms with Crippen LogP contribution in [0.25, 0.3) is 0 Å². The molecule has 1 aromatic heterocycles. The van der Waals surface area contributed by atoms with Crippen molar-refractivity contribution in [2.75, 3.05) is 18.4 Å². The van der Waals surface area contributed by atoms with Gasteiger partial charge in [0.2, 0.25) is 5.91 Å². The summed E-state index contributed by atoms with van der Waals surface area (Å²) in [5, 5.41) is 3.50. The Morgan fingerprint density at radius 3 is 2.61 bits per heavy atom. The summed E-state index contributed by atoms with van der Waals surface area (Å²) in [6.45, 7) is 10.4. The highest BCUT2D eigenvalue weighted by atomic mass is 32.1. The van der Waals surface area contributed by atoms with Gasteiger partial charge < -0.3 is 15.0 Å². The molecule has 1 saturated heterocycles. The number of nitrogens with one attached hydrogen (secondary N) is 1. The Morgan fingerprint density at radius 1 is 1.35 bits per heavy atom. The van der Waals surface area contributed by atoms with Crippen LogP contribution < -0.4 is 5.32 Å². The van der Waals surface area contributed by atoms with Crippen molar-refractivity contribution >= 4 is 28.5 Å². The number of ether oxygens (including phenoxy) is 1. The number of amides is 2. The average molecular weight is 339 g/mol. The first-order chi connectivity index (χ1) is 10.7. The summed E-state index contributed by atoms with van der Waals surface area (Å²) >= 11 is 1.47. The number of aryl methyl sites for hydroxylation is 2. The molecule has 1 aliphatic heterocycles. The molecule has 7 heteroatoms. The molecular weight excluding hydrogens is 314 g/mol. The van der Waals surface area contributed by atoms with Crippen molar-refractivity contribution in [2.24, 2.45) is 5.92 Å². The van der Waals surface area contributed by atoms with Crippen LogP contribution in [0.2, 0.25) is 0 Å². The molecule has 2 heterocycles. The van der Waals surface area contributed by atoms with E-state index in [4.69, 9.17) is 4.74 Å². The summed E-state index contributed by atoms with van der Waals surface area (Å²) in [6.07, 6.45) is 1.22. The third kappa shape index (κ3) is 4.92. The number of aromatic nitrogens is 1. The molecule has 0 aliphatic carbocycles. The van der Waals surface area contributed by atoms with Crippen molar-refractivity contribution in [3.8, 4) is 0 Å². The molecule has 0 spiro atoms. The van der Waals surface area contributed by atoms with E-state index in [9.17, 15) is 9.59 Å². The first-order valence-corrected chi connectivity index (χ1v) is 8.70. The number of anilines is 1. The van der Waals surface area contributed by atoms with E-state index in [0.717, 1.165) is 23.4 Å². The number of thiazole rings is 1. The van der Waals surface area contributed by atoms with Gasteiger partial charge in [0, 0.05) is 18.0 Å². The fraction of sp³-hybridized carbons (Fsp3) is 0.688. The van der Waals surface area contributed by atoms with Crippen LogP contribution in [-0.4, -0.2) is 40.6 Å². The molecule has 0 saturated carbocycles. The number of nitrogens with zero attached hydrogens (tertiary/aromatic N) is 2. The third-order valence-corrected chi connectivity index (χ3v) is 4.69. The lowest BCUT2D eigenvalue weighted by Gasteiger charge is -2.33. The van der Waals surface area contributed by atoms with Gasteiger partial charge in [0.1, 0.15) is 5.60 Å². The van der Waals surface area contributed by atoms with E-state index in [1.54, 1.807) is 4.90 Å². The van der Waals surface area contributed by atoms with Gasteiger partial charge in [-0.1, -0.05) is 0 Å². The van der Waals surface area contributed by atoms with E-state index < -0.39 is 5.60 Å². The molecule has 1 fully saturated rings. The lowest BCUT2D eigenvalue weighted by atomic mass is 9.97. The molecule has 1 aliphatic rings. The molecule has 1 atom stereocenters. The topological polar surface area (TPSA) is 71.5 Å². The van der Waals surface area contributed by atoms with Gasteiger partial charge in [0.15, 0.2) is 5.13 Å². The van der Waals surface area contributed by atoms with Crippen LogP contribution in [0.1, 0.15) is 44.2 Å². The predicted molar refractivity (Wildman–Crippen MR) is 90.7 cm³/mol. The second-order valence-corrected chi connectivity index (χ2v) is 8.12. The Hall–Kier alpha value is -1.63. The van der Waals surface area contributed by atoms with Gasteiger partial charge in [-0.05, 0) is 47.5 Å². The Balaban J connectivity index is 1.94. The Kier molecular flexibility index (Phi) is 5.29. The fourth-order valence-corrected chi connectivity index (χ4v) is 3.23. The smallest absolute Gasteiger partial charge is 0.410 e. The van der Waals surface area contributed by atoms with Crippen molar-refractivity contribution < 1.29 is 14.3 Å². The van der Waals surface area contributed by atoms with E-state index in [1.807, 2.05) is 34.6 Å². The minimum absolute atomic E-state index is 0.0768. The maximum Gasteiger partial charge on any atom is 0.410 e. The standard InChI is InChI=1S/C16H25N3O3S/c1-10-11(2)23-14(17-10)18-13(20)12-7-6-8-19(9-12)15(21)22-16(3,4)5/h12H,6-9H2,1-5H3,(H,17,18,20)/t12-/m1/s1. The van der Waals surface area contributed by atoms with Crippen LogP contribution in [0.15, 0.2) is 0 Å². The summed E-state index contributed by atoms with van der Waals surface area (Å²) in [5.74, 6) is -0.298. The average Bonchev–Trinajstić information content (AvgIpc) is 2.75. The summed E-state index contributed by atoms with van der Waals surface area (Å²) < 4.78 is 5.39. The second kappa shape index (κ2) is 6.86. The molecule has 0 unspecified atom stereocenters. The number of piperidine rings is 1. The number of rotatable bonds is 2. The molecular formula is C16H25N3O3S. The molecule has 0 bridgehead atoms. The van der Waals surface area contributed by atoms with Crippen molar-refractivity contribution in [3.63, 3.8) is 0 Å². The van der Waals surface area contributed by atoms with Gasteiger partial charge in [0.25, 0.3) is 0 Å². The zero-order valence-electron chi connectivity index (χ0n) is 14.4. The Morgan fingerprint density at radius 2 is 2.04 bits per heavy atom. The predicted octanol–water partition coefficient (Wildman–Crippen LogP) is 3.35. The lowest BCUT2D eigenvalue weighted by Crippen LogP contribution is -2.45. The van der Waals surface area contributed by atoms with Gasteiger partial charge >= 0.3 is 6.09 Å². The van der Waals surface area contributed by atoms with Crippen molar-refractivity contribution in [1.29, 1.82) is 0 Å². The summed E-state index contributed by atoms with van der Waals surface area (Å²) in [6, 6.07) is 0. The molecule has 23 heavy (non-hydrogen) atoms. The Bertz CT molecular complexity index is 572. The summed E-state index contributed by atoms with van der Waals surface area (Å²) in [4.78, 5) is 31.6. The van der Waals surface area contributed by atoms with Crippen LogP contribution >= 0.6 is 11.3 Å². The van der Waals surface area contributed by atoms with E-state index >= 15 is 0 Å². The molecule has 0 aromatic carbocycles. The second-order valence-electron chi connectivity index (χ2n) is 6.92. The van der Waals surface area contributed by atoms with Crippen LogP contribution in [0.5, 0.6) is 0 Å². The quantitative estimate of drug-likeness (QED) is 0.897. The minimum Gasteiger partial charge on any atom is -0.444 e. The van der Waals surface area contributed by atoms with Crippen LogP contribution in [0, 0.1) is 19.8 Å². The third-order valence-electron chi connectivity index (χ3n) is 3.70. The summed E-state index contributed by atoms with van der Waals surface area (Å²) in [7, 11) is 0. The van der Waals surface area contributed by atoms with Gasteiger partial charge in [0.05, 0.1) is 11.6 Å². The first-order valence-electron chi connectivity index (χ1n) is 7.88. The van der Waals surface area contributed by atoms with E-state index in [2.05, 4.69) is 10.3 Å². The lowest BCUT2D eigenvalue weighted by molar-refractivity contribution is -0.121. The number of carbonyl (C=O) groups excluding carboxylic acids is 2. The van der Waals surface area contributed by atoms with Gasteiger partial charge in [-0.2, -0.15) is 0 Å². The first kappa shape index (κ1) is 17.7. The molecule has 6 nitrogen and oxygen atoms in total. The molecule has 1 aromatic rings. The monoisotopic (exact) mass is 339 g/mol. The molecule has 1 N–H and O–H groups in total. The van der Waals surface area contributed by atoms with E-state index in [1.165, 1.54) is 11.3 Å². The normalized spacial score (nSPS) is 18.7. The maximum absolute atomic E-state index is 12.4. The highest BCUT2D eigenvalue weighted by Gasteiger charge is 2.31. The van der Waals surface area contributed by atoms with Crippen molar-refractivity contribution in [3.05, 3.63) is 10.6 Å². The molecule has 2 amide bonds. The molecule has 0 radical (unpaired) electrons.